The molecule has 6 rings (SSSR count). The minimum Gasteiger partial charge on any atom is -0.306 e. The molecule has 116 valence electrons. The normalized spacial score (nSPS) is 12.0. The van der Waals surface area contributed by atoms with Crippen LogP contribution in [0.2, 0.25) is 0 Å². The quantitative estimate of drug-likeness (QED) is 0.444. The van der Waals surface area contributed by atoms with Crippen molar-refractivity contribution in [2.45, 2.75) is 0 Å². The van der Waals surface area contributed by atoms with E-state index in [0.29, 0.717) is 0 Å². The summed E-state index contributed by atoms with van der Waals surface area (Å²) >= 11 is 0. The van der Waals surface area contributed by atoms with E-state index in [1.807, 2.05) is 41.4 Å². The van der Waals surface area contributed by atoms with Gasteiger partial charge in [-0.25, -0.2) is 15.0 Å². The van der Waals surface area contributed by atoms with E-state index in [9.17, 15) is 0 Å². The Hall–Kier alpha value is -3.53. The predicted molar refractivity (Wildman–Crippen MR) is 98.6 cm³/mol. The summed E-state index contributed by atoms with van der Waals surface area (Å²) in [5, 5.41) is 2.41. The number of hydrogen-bond acceptors (Lipinski definition) is 3. The van der Waals surface area contributed by atoms with Crippen LogP contribution in [-0.4, -0.2) is 19.5 Å². The summed E-state index contributed by atoms with van der Waals surface area (Å²) in [5.41, 5.74) is 7.24. The van der Waals surface area contributed by atoms with Crippen molar-refractivity contribution in [3.8, 4) is 28.2 Å². The molecule has 0 N–H and O–H groups in total. The van der Waals surface area contributed by atoms with E-state index in [1.165, 1.54) is 10.8 Å². The summed E-state index contributed by atoms with van der Waals surface area (Å²) < 4.78 is 2.04. The average Bonchev–Trinajstić information content (AvgIpc) is 3.29. The molecular formula is C21H12N4. The van der Waals surface area contributed by atoms with Gasteiger partial charge in [0, 0.05) is 34.3 Å². The fourth-order valence-electron chi connectivity index (χ4n) is 3.79. The maximum atomic E-state index is 4.91. The molecule has 0 spiro atoms. The number of benzene rings is 3. The van der Waals surface area contributed by atoms with Gasteiger partial charge in [-0.3, -0.25) is 0 Å². The van der Waals surface area contributed by atoms with Gasteiger partial charge in [-0.2, -0.15) is 0 Å². The van der Waals surface area contributed by atoms with Crippen molar-refractivity contribution < 1.29 is 0 Å². The number of aromatic nitrogens is 4. The number of para-hydroxylation sites is 2. The van der Waals surface area contributed by atoms with Crippen molar-refractivity contribution in [3.05, 3.63) is 73.3 Å². The van der Waals surface area contributed by atoms with Crippen LogP contribution < -0.4 is 0 Å². The molecule has 0 amide bonds. The lowest BCUT2D eigenvalue weighted by Crippen LogP contribution is -1.92. The van der Waals surface area contributed by atoms with Gasteiger partial charge in [0.25, 0.3) is 0 Å². The average molecular weight is 320 g/mol. The van der Waals surface area contributed by atoms with Crippen molar-refractivity contribution in [2.24, 2.45) is 0 Å². The molecule has 0 saturated heterocycles. The summed E-state index contributed by atoms with van der Waals surface area (Å²) in [6, 6.07) is 18.7. The predicted octanol–water partition coefficient (Wildman–Crippen LogP) is 4.62. The highest BCUT2D eigenvalue weighted by Gasteiger charge is 2.25. The fraction of sp³-hybridized carbons (Fsp3) is 0. The monoisotopic (exact) mass is 320 g/mol. The summed E-state index contributed by atoms with van der Waals surface area (Å²) in [7, 11) is 0. The third-order valence-electron chi connectivity index (χ3n) is 4.88. The van der Waals surface area contributed by atoms with Gasteiger partial charge in [-0.15, -0.1) is 0 Å². The minimum atomic E-state index is 0.931. The van der Waals surface area contributed by atoms with Crippen LogP contribution in [0, 0.1) is 0 Å². The zero-order valence-electron chi connectivity index (χ0n) is 13.2. The lowest BCUT2D eigenvalue weighted by molar-refractivity contribution is 1.07. The highest BCUT2D eigenvalue weighted by molar-refractivity contribution is 6.16. The molecule has 0 atom stereocenters. The van der Waals surface area contributed by atoms with Crippen LogP contribution in [0.4, 0.5) is 0 Å². The van der Waals surface area contributed by atoms with Crippen LogP contribution in [0.5, 0.6) is 0 Å². The van der Waals surface area contributed by atoms with E-state index in [-0.39, 0.29) is 0 Å². The van der Waals surface area contributed by atoms with Crippen LogP contribution in [-0.2, 0) is 0 Å². The second-order valence-corrected chi connectivity index (χ2v) is 6.24. The molecule has 1 aliphatic rings. The minimum absolute atomic E-state index is 0.931. The molecule has 0 saturated carbocycles. The second-order valence-electron chi connectivity index (χ2n) is 6.24. The molecule has 25 heavy (non-hydrogen) atoms. The van der Waals surface area contributed by atoms with Gasteiger partial charge in [0.2, 0.25) is 0 Å². The van der Waals surface area contributed by atoms with Crippen molar-refractivity contribution in [1.82, 2.24) is 19.5 Å². The van der Waals surface area contributed by atoms with Crippen molar-refractivity contribution >= 4 is 21.8 Å². The molecule has 0 radical (unpaired) electrons. The molecule has 5 aromatic rings. The maximum absolute atomic E-state index is 4.91. The van der Waals surface area contributed by atoms with Crippen LogP contribution in [0.3, 0.4) is 0 Å². The van der Waals surface area contributed by atoms with Crippen LogP contribution in [0.25, 0.3) is 50.0 Å². The van der Waals surface area contributed by atoms with Gasteiger partial charge in [-0.05, 0) is 24.3 Å². The molecule has 0 bridgehead atoms. The topological polar surface area (TPSA) is 43.6 Å². The van der Waals surface area contributed by atoms with Crippen LogP contribution in [0.15, 0.2) is 73.3 Å². The van der Waals surface area contributed by atoms with Gasteiger partial charge in [0.15, 0.2) is 0 Å². The zero-order chi connectivity index (χ0) is 16.4. The highest BCUT2D eigenvalue weighted by atomic mass is 15.0. The van der Waals surface area contributed by atoms with Gasteiger partial charge >= 0.3 is 0 Å². The Morgan fingerprint density at radius 3 is 2.20 bits per heavy atom. The fourth-order valence-corrected chi connectivity index (χ4v) is 3.79. The number of hydrogen-bond donors (Lipinski definition) is 0. The van der Waals surface area contributed by atoms with Gasteiger partial charge in [-0.1, -0.05) is 30.3 Å². The smallest absolute Gasteiger partial charge is 0.0991 e. The van der Waals surface area contributed by atoms with Gasteiger partial charge in [0.05, 0.1) is 34.4 Å². The van der Waals surface area contributed by atoms with Crippen molar-refractivity contribution in [3.63, 3.8) is 0 Å². The van der Waals surface area contributed by atoms with Gasteiger partial charge in [0.1, 0.15) is 0 Å². The van der Waals surface area contributed by atoms with E-state index < -0.39 is 0 Å². The Balaban J connectivity index is 1.75. The Kier molecular flexibility index (Phi) is 2.32. The number of fused-ring (bicyclic) bond motifs is 4. The SMILES string of the molecule is c1ccc2nc3c(nc2c1)-c1cccc2c(-n4ccnc4)ccc-3c12. The molecule has 4 heteroatoms. The first-order valence-electron chi connectivity index (χ1n) is 8.22. The molecule has 4 nitrogen and oxygen atoms in total. The molecule has 2 heterocycles. The Morgan fingerprint density at radius 2 is 1.48 bits per heavy atom. The lowest BCUT2D eigenvalue weighted by atomic mass is 10.0. The molecule has 1 aliphatic carbocycles. The third kappa shape index (κ3) is 1.63. The molecule has 3 aromatic carbocycles. The Labute approximate surface area is 143 Å². The van der Waals surface area contributed by atoms with E-state index >= 15 is 0 Å². The number of imidazole rings is 1. The lowest BCUT2D eigenvalue weighted by Gasteiger charge is -2.09. The van der Waals surface area contributed by atoms with E-state index in [2.05, 4.69) is 35.3 Å². The molecule has 2 aromatic heterocycles. The van der Waals surface area contributed by atoms with E-state index in [0.717, 1.165) is 39.2 Å². The summed E-state index contributed by atoms with van der Waals surface area (Å²) in [5.74, 6) is 0. The Bertz CT molecular complexity index is 1240. The van der Waals surface area contributed by atoms with Crippen LogP contribution >= 0.6 is 0 Å². The highest BCUT2D eigenvalue weighted by Crippen LogP contribution is 2.46. The molecule has 0 fully saturated rings. The van der Waals surface area contributed by atoms with Gasteiger partial charge < -0.3 is 4.57 Å². The number of rotatable bonds is 1. The maximum Gasteiger partial charge on any atom is 0.0991 e. The molecule has 0 unspecified atom stereocenters. The first-order valence-corrected chi connectivity index (χ1v) is 8.22. The third-order valence-corrected chi connectivity index (χ3v) is 4.88. The zero-order valence-corrected chi connectivity index (χ0v) is 13.2. The summed E-state index contributed by atoms with van der Waals surface area (Å²) in [6.07, 6.45) is 5.60. The van der Waals surface area contributed by atoms with E-state index in [1.54, 1.807) is 6.20 Å². The first-order chi connectivity index (χ1) is 12.4. The molecule has 0 aliphatic heterocycles. The summed E-state index contributed by atoms with van der Waals surface area (Å²) in [4.78, 5) is 14.0. The molecular weight excluding hydrogens is 308 g/mol. The first kappa shape index (κ1) is 12.8. The largest absolute Gasteiger partial charge is 0.306 e. The summed E-state index contributed by atoms with van der Waals surface area (Å²) in [6.45, 7) is 0. The van der Waals surface area contributed by atoms with Crippen molar-refractivity contribution in [1.29, 1.82) is 0 Å². The second kappa shape index (κ2) is 4.51. The van der Waals surface area contributed by atoms with Crippen molar-refractivity contribution in [2.75, 3.05) is 0 Å². The van der Waals surface area contributed by atoms with Crippen LogP contribution in [0.1, 0.15) is 0 Å². The van der Waals surface area contributed by atoms with E-state index in [4.69, 9.17) is 9.97 Å². The number of nitrogens with zero attached hydrogens (tertiary/aromatic N) is 4. The Morgan fingerprint density at radius 1 is 0.720 bits per heavy atom. The standard InChI is InChI=1S/C21H12N4/c1-2-7-17-16(6-1)23-20-14-5-3-4-13-18(25-11-10-22-12-25)9-8-15(19(13)14)21(20)24-17/h1-12H.